The van der Waals surface area contributed by atoms with Gasteiger partial charge in [-0.05, 0) is 45.4 Å². The molecule has 0 aliphatic heterocycles. The number of rotatable bonds is 3. The van der Waals surface area contributed by atoms with E-state index in [0.717, 1.165) is 6.42 Å². The highest BCUT2D eigenvalue weighted by molar-refractivity contribution is 5.68. The van der Waals surface area contributed by atoms with Gasteiger partial charge in [-0.2, -0.15) is 0 Å². The van der Waals surface area contributed by atoms with E-state index in [-0.39, 0.29) is 12.1 Å². The zero-order valence-corrected chi connectivity index (χ0v) is 13.6. The Labute approximate surface area is 123 Å². The maximum absolute atomic E-state index is 11.7. The van der Waals surface area contributed by atoms with Crippen LogP contribution in [0.15, 0.2) is 0 Å². The van der Waals surface area contributed by atoms with Gasteiger partial charge in [0, 0.05) is 18.1 Å². The molecule has 0 saturated heterocycles. The molecule has 4 heteroatoms. The van der Waals surface area contributed by atoms with Crippen LogP contribution in [0.1, 0.15) is 66.7 Å². The lowest BCUT2D eigenvalue weighted by atomic mass is 9.73. The van der Waals surface area contributed by atoms with Gasteiger partial charge in [-0.15, -0.1) is 0 Å². The van der Waals surface area contributed by atoms with Crippen LogP contribution in [0.5, 0.6) is 0 Å². The largest absolute Gasteiger partial charge is 0.444 e. The van der Waals surface area contributed by atoms with Gasteiger partial charge in [-0.3, -0.25) is 0 Å². The summed E-state index contributed by atoms with van der Waals surface area (Å²) < 4.78 is 5.29. The summed E-state index contributed by atoms with van der Waals surface area (Å²) in [6.45, 7) is 10.4. The Morgan fingerprint density at radius 1 is 1.20 bits per heavy atom. The zero-order chi connectivity index (χ0) is 15.0. The fourth-order valence-electron chi connectivity index (χ4n) is 3.06. The third kappa shape index (κ3) is 4.37. The lowest BCUT2D eigenvalue weighted by molar-refractivity contribution is 0.0521. The van der Waals surface area contributed by atoms with E-state index in [0.29, 0.717) is 17.5 Å². The van der Waals surface area contributed by atoms with Crippen molar-refractivity contribution in [2.45, 2.75) is 90.4 Å². The van der Waals surface area contributed by atoms with Gasteiger partial charge in [0.2, 0.25) is 0 Å². The van der Waals surface area contributed by atoms with Gasteiger partial charge in [-0.25, -0.2) is 4.79 Å². The summed E-state index contributed by atoms with van der Waals surface area (Å²) in [4.78, 5) is 11.7. The molecule has 0 bridgehead atoms. The first-order chi connectivity index (χ1) is 9.17. The van der Waals surface area contributed by atoms with Crippen molar-refractivity contribution in [3.05, 3.63) is 0 Å². The average Bonchev–Trinajstić information content (AvgIpc) is 2.96. The quantitative estimate of drug-likeness (QED) is 0.835. The molecule has 0 heterocycles. The molecule has 116 valence electrons. The second-order valence-corrected chi connectivity index (χ2v) is 8.05. The van der Waals surface area contributed by atoms with E-state index >= 15 is 0 Å². The summed E-state index contributed by atoms with van der Waals surface area (Å²) in [6.07, 6.45) is 5.93. The number of alkyl carbamates (subject to hydrolysis) is 1. The molecule has 0 radical (unpaired) electrons. The number of hydrogen-bond acceptors (Lipinski definition) is 3. The maximum atomic E-state index is 11.7. The minimum atomic E-state index is -0.423. The number of nitrogens with one attached hydrogen (secondary N) is 2. The van der Waals surface area contributed by atoms with Crippen molar-refractivity contribution in [2.24, 2.45) is 5.41 Å². The van der Waals surface area contributed by atoms with Crippen molar-refractivity contribution >= 4 is 6.09 Å². The zero-order valence-electron chi connectivity index (χ0n) is 13.6. The van der Waals surface area contributed by atoms with Crippen molar-refractivity contribution in [3.8, 4) is 0 Å². The van der Waals surface area contributed by atoms with Gasteiger partial charge < -0.3 is 15.4 Å². The van der Waals surface area contributed by atoms with Crippen LogP contribution in [0.2, 0.25) is 0 Å². The molecule has 2 rings (SSSR count). The SMILES string of the molecule is CC(C)(C)OC(=O)NC1CC1NC1CCCCC1(C)C. The third-order valence-corrected chi connectivity index (χ3v) is 4.42. The Kier molecular flexibility index (Phi) is 4.33. The predicted molar refractivity (Wildman–Crippen MR) is 80.7 cm³/mol. The third-order valence-electron chi connectivity index (χ3n) is 4.42. The van der Waals surface area contributed by atoms with Crippen LogP contribution in [-0.2, 0) is 4.74 Å². The first-order valence-electron chi connectivity index (χ1n) is 7.93. The van der Waals surface area contributed by atoms with E-state index in [2.05, 4.69) is 24.5 Å². The lowest BCUT2D eigenvalue weighted by Gasteiger charge is -2.39. The van der Waals surface area contributed by atoms with Crippen LogP contribution in [0.25, 0.3) is 0 Å². The van der Waals surface area contributed by atoms with E-state index in [9.17, 15) is 4.79 Å². The van der Waals surface area contributed by atoms with Crippen LogP contribution in [0, 0.1) is 5.41 Å². The van der Waals surface area contributed by atoms with Crippen molar-refractivity contribution in [2.75, 3.05) is 0 Å². The van der Waals surface area contributed by atoms with E-state index in [1.807, 2.05) is 20.8 Å². The Bertz CT molecular complexity index is 360. The van der Waals surface area contributed by atoms with Crippen LogP contribution in [-0.4, -0.2) is 29.8 Å². The Morgan fingerprint density at radius 3 is 2.50 bits per heavy atom. The number of amides is 1. The molecule has 0 aromatic rings. The van der Waals surface area contributed by atoms with Gasteiger partial charge in [0.15, 0.2) is 0 Å². The molecule has 4 nitrogen and oxygen atoms in total. The smallest absolute Gasteiger partial charge is 0.407 e. The maximum Gasteiger partial charge on any atom is 0.407 e. The highest BCUT2D eigenvalue weighted by Crippen LogP contribution is 2.37. The monoisotopic (exact) mass is 282 g/mol. The van der Waals surface area contributed by atoms with Crippen LogP contribution >= 0.6 is 0 Å². The lowest BCUT2D eigenvalue weighted by Crippen LogP contribution is -2.47. The average molecular weight is 282 g/mol. The summed E-state index contributed by atoms with van der Waals surface area (Å²) in [5, 5.41) is 6.68. The Hall–Kier alpha value is -0.770. The summed E-state index contributed by atoms with van der Waals surface area (Å²) >= 11 is 0. The summed E-state index contributed by atoms with van der Waals surface area (Å²) in [5.41, 5.74) is -0.0510. The molecule has 2 saturated carbocycles. The molecule has 0 aromatic heterocycles. The number of ether oxygens (including phenoxy) is 1. The van der Waals surface area contributed by atoms with Crippen molar-refractivity contribution < 1.29 is 9.53 Å². The molecule has 2 fully saturated rings. The van der Waals surface area contributed by atoms with Gasteiger partial charge in [0.05, 0.1) is 0 Å². The second kappa shape index (κ2) is 5.55. The molecule has 2 N–H and O–H groups in total. The highest BCUT2D eigenvalue weighted by Gasteiger charge is 2.43. The molecule has 0 aromatic carbocycles. The van der Waals surface area contributed by atoms with Crippen molar-refractivity contribution in [1.29, 1.82) is 0 Å². The molecule has 2 aliphatic rings. The van der Waals surface area contributed by atoms with Crippen LogP contribution in [0.3, 0.4) is 0 Å². The normalized spacial score (nSPS) is 32.5. The molecule has 20 heavy (non-hydrogen) atoms. The Morgan fingerprint density at radius 2 is 1.90 bits per heavy atom. The molecule has 0 spiro atoms. The second-order valence-electron chi connectivity index (χ2n) is 8.05. The molecule has 3 atom stereocenters. The highest BCUT2D eigenvalue weighted by atomic mass is 16.6. The van der Waals surface area contributed by atoms with Gasteiger partial charge in [0.25, 0.3) is 0 Å². The summed E-state index contributed by atoms with van der Waals surface area (Å²) in [5.74, 6) is 0. The van der Waals surface area contributed by atoms with Crippen molar-refractivity contribution in [1.82, 2.24) is 10.6 Å². The van der Waals surface area contributed by atoms with Gasteiger partial charge >= 0.3 is 6.09 Å². The van der Waals surface area contributed by atoms with E-state index < -0.39 is 5.60 Å². The van der Waals surface area contributed by atoms with Crippen LogP contribution in [0.4, 0.5) is 4.79 Å². The minimum absolute atomic E-state index is 0.238. The topological polar surface area (TPSA) is 50.4 Å². The molecule has 1 amide bonds. The number of carbonyl (C=O) groups is 1. The molecular weight excluding hydrogens is 252 g/mol. The van der Waals surface area contributed by atoms with Crippen LogP contribution < -0.4 is 10.6 Å². The van der Waals surface area contributed by atoms with Gasteiger partial charge in [-0.1, -0.05) is 26.7 Å². The molecular formula is C16H30N2O2. The molecule has 2 aliphatic carbocycles. The predicted octanol–water partition coefficient (Wildman–Crippen LogP) is 3.21. The first kappa shape index (κ1) is 15.6. The van der Waals surface area contributed by atoms with E-state index in [4.69, 9.17) is 4.74 Å². The first-order valence-corrected chi connectivity index (χ1v) is 7.93. The number of hydrogen-bond donors (Lipinski definition) is 2. The fourth-order valence-corrected chi connectivity index (χ4v) is 3.06. The fraction of sp³-hybridized carbons (Fsp3) is 0.938. The van der Waals surface area contributed by atoms with E-state index in [1.54, 1.807) is 0 Å². The van der Waals surface area contributed by atoms with Crippen molar-refractivity contribution in [3.63, 3.8) is 0 Å². The van der Waals surface area contributed by atoms with Gasteiger partial charge in [0.1, 0.15) is 5.60 Å². The molecule has 3 unspecified atom stereocenters. The summed E-state index contributed by atoms with van der Waals surface area (Å²) in [7, 11) is 0. The summed E-state index contributed by atoms with van der Waals surface area (Å²) in [6, 6.07) is 1.24. The van der Waals surface area contributed by atoms with E-state index in [1.165, 1.54) is 25.7 Å². The standard InChI is InChI=1S/C16H30N2O2/c1-15(2,3)20-14(19)18-12-10-11(12)17-13-8-6-7-9-16(13,4)5/h11-13,17H,6-10H2,1-5H3,(H,18,19). The Balaban J connectivity index is 1.74. The number of carbonyl (C=O) groups excluding carboxylic acids is 1. The minimum Gasteiger partial charge on any atom is -0.444 e.